The molecule has 192 valence electrons. The van der Waals surface area contributed by atoms with Crippen LogP contribution in [0.15, 0.2) is 48.7 Å². The third-order valence-corrected chi connectivity index (χ3v) is 6.17. The standard InChI is InChI=1S/C27H25ClFN3O5/c1-26(2,3)37-25(34)32-14-27(19-7-5-6-12-31-19)24(33)22-17(36-27)11-9-16(28)21(22)20-15(13-30)8-10-18(35-4)23(20)29/h5-12,24,33H,14H2,1-4H3,(H,32,34)/t24-,27?/m0/s1. The number of alkyl carbamates (subject to hydrolysis) is 1. The molecule has 4 rings (SSSR count). The fraction of sp³-hybridized carbons (Fsp3) is 0.296. The molecule has 0 radical (unpaired) electrons. The van der Waals surface area contributed by atoms with Crippen molar-refractivity contribution in [3.05, 3.63) is 76.3 Å². The summed E-state index contributed by atoms with van der Waals surface area (Å²) in [6.45, 7) is 4.93. The molecule has 0 bridgehead atoms. The summed E-state index contributed by atoms with van der Waals surface area (Å²) in [5.74, 6) is -0.723. The Balaban J connectivity index is 1.88. The molecule has 2 N–H and O–H groups in total. The van der Waals surface area contributed by atoms with Crippen molar-refractivity contribution in [1.29, 1.82) is 5.26 Å². The predicted molar refractivity (Wildman–Crippen MR) is 134 cm³/mol. The Labute approximate surface area is 218 Å². The first-order valence-corrected chi connectivity index (χ1v) is 11.7. The van der Waals surface area contributed by atoms with Crippen molar-refractivity contribution in [2.75, 3.05) is 13.7 Å². The van der Waals surface area contributed by atoms with Crippen molar-refractivity contribution in [2.24, 2.45) is 0 Å². The lowest BCUT2D eigenvalue weighted by Crippen LogP contribution is -2.48. The van der Waals surface area contributed by atoms with E-state index < -0.39 is 29.2 Å². The van der Waals surface area contributed by atoms with Crippen LogP contribution in [0.1, 0.15) is 43.7 Å². The number of methoxy groups -OCH3 is 1. The second-order valence-electron chi connectivity index (χ2n) is 9.41. The van der Waals surface area contributed by atoms with E-state index >= 15 is 4.39 Å². The van der Waals surface area contributed by atoms with E-state index in [0.29, 0.717) is 5.69 Å². The van der Waals surface area contributed by atoms with Gasteiger partial charge in [-0.05, 0) is 57.2 Å². The molecule has 0 fully saturated rings. The number of nitrogens with zero attached hydrogens (tertiary/aromatic N) is 2. The monoisotopic (exact) mass is 525 g/mol. The van der Waals surface area contributed by atoms with Gasteiger partial charge in [0.25, 0.3) is 0 Å². The summed E-state index contributed by atoms with van der Waals surface area (Å²) in [5.41, 5.74) is -1.97. The fourth-order valence-electron chi connectivity index (χ4n) is 4.27. The number of hydrogen-bond acceptors (Lipinski definition) is 7. The van der Waals surface area contributed by atoms with Gasteiger partial charge in [-0.2, -0.15) is 5.26 Å². The van der Waals surface area contributed by atoms with Gasteiger partial charge in [-0.3, -0.25) is 4.98 Å². The normalized spacial score (nSPS) is 18.4. The zero-order valence-electron chi connectivity index (χ0n) is 20.6. The van der Waals surface area contributed by atoms with Gasteiger partial charge in [0.05, 0.1) is 31.0 Å². The van der Waals surface area contributed by atoms with Gasteiger partial charge < -0.3 is 24.6 Å². The average Bonchev–Trinajstić information content (AvgIpc) is 3.15. The summed E-state index contributed by atoms with van der Waals surface area (Å²) in [6, 6.07) is 12.8. The van der Waals surface area contributed by atoms with Crippen LogP contribution >= 0.6 is 11.6 Å². The number of amides is 1. The van der Waals surface area contributed by atoms with Gasteiger partial charge in [0.15, 0.2) is 17.2 Å². The molecule has 1 aliphatic rings. The van der Waals surface area contributed by atoms with E-state index in [4.69, 9.17) is 25.8 Å². The molecule has 37 heavy (non-hydrogen) atoms. The van der Waals surface area contributed by atoms with Crippen LogP contribution in [0.2, 0.25) is 5.02 Å². The molecular formula is C27H25ClFN3O5. The van der Waals surface area contributed by atoms with Gasteiger partial charge in [0.2, 0.25) is 0 Å². The number of aliphatic hydroxyl groups excluding tert-OH is 1. The zero-order chi connectivity index (χ0) is 27.0. The number of nitrogens with one attached hydrogen (secondary N) is 1. The van der Waals surface area contributed by atoms with E-state index in [-0.39, 0.29) is 45.3 Å². The van der Waals surface area contributed by atoms with Gasteiger partial charge in [-0.1, -0.05) is 17.7 Å². The first-order chi connectivity index (χ1) is 17.5. The van der Waals surface area contributed by atoms with E-state index in [9.17, 15) is 15.2 Å². The van der Waals surface area contributed by atoms with Crippen molar-refractivity contribution < 1.29 is 28.5 Å². The molecular weight excluding hydrogens is 501 g/mol. The molecule has 0 aliphatic carbocycles. The Morgan fingerprint density at radius 2 is 2.03 bits per heavy atom. The highest BCUT2D eigenvalue weighted by molar-refractivity contribution is 6.33. The van der Waals surface area contributed by atoms with Crippen LogP contribution in [-0.4, -0.2) is 35.4 Å². The number of carbonyl (C=O) groups is 1. The number of nitriles is 1. The predicted octanol–water partition coefficient (Wildman–Crippen LogP) is 5.27. The Morgan fingerprint density at radius 3 is 2.65 bits per heavy atom. The molecule has 0 saturated carbocycles. The van der Waals surface area contributed by atoms with E-state index in [1.165, 1.54) is 37.6 Å². The summed E-state index contributed by atoms with van der Waals surface area (Å²) in [6.07, 6.45) is -0.677. The minimum absolute atomic E-state index is 0.0111. The molecule has 2 atom stereocenters. The molecule has 2 heterocycles. The summed E-state index contributed by atoms with van der Waals surface area (Å²) >= 11 is 6.55. The van der Waals surface area contributed by atoms with E-state index in [0.717, 1.165) is 0 Å². The Hall–Kier alpha value is -3.87. The Bertz CT molecular complexity index is 1390. The molecule has 2 aromatic carbocycles. The molecule has 1 aromatic heterocycles. The third kappa shape index (κ3) is 4.78. The van der Waals surface area contributed by atoms with Crippen molar-refractivity contribution in [1.82, 2.24) is 10.3 Å². The van der Waals surface area contributed by atoms with E-state index in [1.54, 1.807) is 39.0 Å². The highest BCUT2D eigenvalue weighted by atomic mass is 35.5. The van der Waals surface area contributed by atoms with E-state index in [1.807, 2.05) is 6.07 Å². The number of hydrogen-bond donors (Lipinski definition) is 2. The number of rotatable bonds is 5. The van der Waals surface area contributed by atoms with Gasteiger partial charge in [0, 0.05) is 27.9 Å². The van der Waals surface area contributed by atoms with Gasteiger partial charge in [-0.25, -0.2) is 9.18 Å². The van der Waals surface area contributed by atoms with E-state index in [2.05, 4.69) is 10.3 Å². The SMILES string of the molecule is COc1ccc(C#N)c(-c2c(Cl)ccc3c2[C@H](O)C(CNC(=O)OC(C)(C)C)(c2ccccn2)O3)c1F. The van der Waals surface area contributed by atoms with Crippen molar-refractivity contribution in [2.45, 2.75) is 38.1 Å². The summed E-state index contributed by atoms with van der Waals surface area (Å²) in [4.78, 5) is 16.9. The highest BCUT2D eigenvalue weighted by Crippen LogP contribution is 2.54. The lowest BCUT2D eigenvalue weighted by Gasteiger charge is -2.32. The Morgan fingerprint density at radius 1 is 1.27 bits per heavy atom. The topological polar surface area (TPSA) is 114 Å². The molecule has 10 heteroatoms. The van der Waals surface area contributed by atoms with Crippen LogP contribution in [0.3, 0.4) is 0 Å². The molecule has 1 aliphatic heterocycles. The quantitative estimate of drug-likeness (QED) is 0.466. The largest absolute Gasteiger partial charge is 0.494 e. The van der Waals surface area contributed by atoms with Crippen molar-refractivity contribution in [3.8, 4) is 28.7 Å². The lowest BCUT2D eigenvalue weighted by atomic mass is 9.85. The number of aromatic nitrogens is 1. The van der Waals surface area contributed by atoms with Gasteiger partial charge >= 0.3 is 6.09 Å². The summed E-state index contributed by atoms with van der Waals surface area (Å²) in [5, 5.41) is 24.2. The zero-order valence-corrected chi connectivity index (χ0v) is 21.4. The maximum absolute atomic E-state index is 15.6. The van der Waals surface area contributed by atoms with Crippen LogP contribution in [0.5, 0.6) is 11.5 Å². The number of ether oxygens (including phenoxy) is 3. The maximum Gasteiger partial charge on any atom is 0.407 e. The Kier molecular flexibility index (Phi) is 7.00. The van der Waals surface area contributed by atoms with Crippen molar-refractivity contribution >= 4 is 17.7 Å². The first kappa shape index (κ1) is 26.2. The lowest BCUT2D eigenvalue weighted by molar-refractivity contribution is -0.0365. The summed E-state index contributed by atoms with van der Waals surface area (Å²) < 4.78 is 32.3. The second kappa shape index (κ2) is 9.88. The number of benzene rings is 2. The third-order valence-electron chi connectivity index (χ3n) is 5.85. The molecule has 0 spiro atoms. The molecule has 1 unspecified atom stereocenters. The van der Waals surface area contributed by atoms with Crippen LogP contribution in [0.4, 0.5) is 9.18 Å². The molecule has 1 amide bonds. The van der Waals surface area contributed by atoms with Crippen molar-refractivity contribution in [3.63, 3.8) is 0 Å². The smallest absolute Gasteiger partial charge is 0.407 e. The number of aliphatic hydroxyl groups is 1. The van der Waals surface area contributed by atoms with Gasteiger partial charge in [-0.15, -0.1) is 0 Å². The van der Waals surface area contributed by atoms with Crippen LogP contribution in [0.25, 0.3) is 11.1 Å². The number of carbonyl (C=O) groups excluding carboxylic acids is 1. The number of fused-ring (bicyclic) bond motifs is 1. The molecule has 3 aromatic rings. The first-order valence-electron chi connectivity index (χ1n) is 11.4. The minimum Gasteiger partial charge on any atom is -0.494 e. The fourth-order valence-corrected chi connectivity index (χ4v) is 4.53. The molecule has 0 saturated heterocycles. The van der Waals surface area contributed by atoms with Crippen LogP contribution < -0.4 is 14.8 Å². The maximum atomic E-state index is 15.6. The summed E-state index contributed by atoms with van der Waals surface area (Å²) in [7, 11) is 1.30. The minimum atomic E-state index is -1.61. The number of pyridine rings is 1. The average molecular weight is 526 g/mol. The van der Waals surface area contributed by atoms with Gasteiger partial charge in [0.1, 0.15) is 17.5 Å². The number of halogens is 2. The second-order valence-corrected chi connectivity index (χ2v) is 9.82. The highest BCUT2D eigenvalue weighted by Gasteiger charge is 2.52. The van der Waals surface area contributed by atoms with Crippen LogP contribution in [-0.2, 0) is 10.3 Å². The van der Waals surface area contributed by atoms with Crippen LogP contribution in [0, 0.1) is 17.1 Å². The molecule has 8 nitrogen and oxygen atoms in total.